The second-order valence-corrected chi connectivity index (χ2v) is 8.54. The zero-order valence-electron chi connectivity index (χ0n) is 15.3. The summed E-state index contributed by atoms with van der Waals surface area (Å²) in [5.74, 6) is 1.14. The van der Waals surface area contributed by atoms with Gasteiger partial charge in [0.25, 0.3) is 0 Å². The third-order valence-electron chi connectivity index (χ3n) is 5.45. The van der Waals surface area contributed by atoms with Crippen LogP contribution in [0.1, 0.15) is 35.3 Å². The number of anilines is 1. The van der Waals surface area contributed by atoms with E-state index >= 15 is 0 Å². The molecule has 1 aromatic carbocycles. The van der Waals surface area contributed by atoms with E-state index in [1.54, 1.807) is 0 Å². The predicted octanol–water partition coefficient (Wildman–Crippen LogP) is 3.88. The molecule has 26 heavy (non-hydrogen) atoms. The average molecular weight is 369 g/mol. The molecule has 0 amide bonds. The number of aryl methyl sites for hydroxylation is 2. The molecule has 0 saturated carbocycles. The first-order valence-corrected chi connectivity index (χ1v) is 10.6. The summed E-state index contributed by atoms with van der Waals surface area (Å²) < 4.78 is 0. The molecule has 1 fully saturated rings. The number of rotatable bonds is 5. The molecule has 1 atom stereocenters. The number of nitrogens with zero attached hydrogens (tertiary/aromatic N) is 2. The Morgan fingerprint density at radius 2 is 2.15 bits per heavy atom. The van der Waals surface area contributed by atoms with Crippen LogP contribution in [-0.2, 0) is 19.4 Å². The van der Waals surface area contributed by atoms with E-state index < -0.39 is 0 Å². The number of guanidine groups is 1. The maximum Gasteiger partial charge on any atom is 0.193 e. The number of benzene rings is 1. The van der Waals surface area contributed by atoms with Crippen LogP contribution >= 0.6 is 11.3 Å². The van der Waals surface area contributed by atoms with Crippen LogP contribution < -0.4 is 11.1 Å². The second kappa shape index (κ2) is 8.23. The van der Waals surface area contributed by atoms with Crippen LogP contribution in [0.2, 0.25) is 0 Å². The molecule has 1 aliphatic heterocycles. The summed E-state index contributed by atoms with van der Waals surface area (Å²) in [6.45, 7) is 4.19. The Hall–Kier alpha value is -1.85. The second-order valence-electron chi connectivity index (χ2n) is 7.51. The molecule has 1 aliphatic carbocycles. The summed E-state index contributed by atoms with van der Waals surface area (Å²) in [7, 11) is 0. The van der Waals surface area contributed by atoms with Crippen molar-refractivity contribution in [1.82, 2.24) is 4.90 Å². The van der Waals surface area contributed by atoms with Gasteiger partial charge < -0.3 is 11.1 Å². The van der Waals surface area contributed by atoms with Gasteiger partial charge in [-0.1, -0.05) is 12.1 Å². The minimum absolute atomic E-state index is 0.540. The van der Waals surface area contributed by atoms with Crippen molar-refractivity contribution >= 4 is 23.0 Å². The number of fused-ring (bicyclic) bond motifs is 1. The van der Waals surface area contributed by atoms with Crippen molar-refractivity contribution in [3.8, 4) is 0 Å². The van der Waals surface area contributed by atoms with Gasteiger partial charge in [0.1, 0.15) is 0 Å². The van der Waals surface area contributed by atoms with Gasteiger partial charge >= 0.3 is 0 Å². The van der Waals surface area contributed by atoms with E-state index in [-0.39, 0.29) is 0 Å². The Bertz CT molecular complexity index is 753. The van der Waals surface area contributed by atoms with E-state index in [1.165, 1.54) is 54.7 Å². The first kappa shape index (κ1) is 17.6. The van der Waals surface area contributed by atoms with Gasteiger partial charge in [0.15, 0.2) is 5.96 Å². The molecule has 2 aliphatic rings. The van der Waals surface area contributed by atoms with Crippen LogP contribution in [0.15, 0.2) is 40.7 Å². The van der Waals surface area contributed by atoms with Gasteiger partial charge in [0, 0.05) is 30.2 Å². The molecule has 4 rings (SSSR count). The van der Waals surface area contributed by atoms with Crippen LogP contribution in [0.25, 0.3) is 0 Å². The largest absolute Gasteiger partial charge is 0.370 e. The fourth-order valence-corrected chi connectivity index (χ4v) is 4.88. The van der Waals surface area contributed by atoms with Crippen LogP contribution in [0.4, 0.5) is 5.69 Å². The summed E-state index contributed by atoms with van der Waals surface area (Å²) in [6, 6.07) is 10.9. The van der Waals surface area contributed by atoms with Crippen molar-refractivity contribution in [3.05, 3.63) is 51.7 Å². The molecule has 3 N–H and O–H groups in total. The van der Waals surface area contributed by atoms with Crippen LogP contribution in [0.3, 0.4) is 0 Å². The third kappa shape index (κ3) is 4.46. The van der Waals surface area contributed by atoms with E-state index in [9.17, 15) is 0 Å². The summed E-state index contributed by atoms with van der Waals surface area (Å²) >= 11 is 1.85. The van der Waals surface area contributed by atoms with Gasteiger partial charge in [-0.25, -0.2) is 0 Å². The monoisotopic (exact) mass is 368 g/mol. The maximum atomic E-state index is 6.14. The molecule has 1 aromatic heterocycles. The third-order valence-corrected chi connectivity index (χ3v) is 6.31. The minimum atomic E-state index is 0.540. The number of aliphatic imine (C=N–C) groups is 1. The molecular weight excluding hydrogens is 340 g/mol. The Labute approximate surface area is 160 Å². The lowest BCUT2D eigenvalue weighted by Crippen LogP contribution is -2.36. The zero-order chi connectivity index (χ0) is 17.8. The molecule has 1 unspecified atom stereocenters. The van der Waals surface area contributed by atoms with E-state index in [2.05, 4.69) is 50.9 Å². The lowest BCUT2D eigenvalue weighted by molar-refractivity contribution is 0.172. The summed E-state index contributed by atoms with van der Waals surface area (Å²) in [4.78, 5) is 8.63. The number of nitrogens with two attached hydrogens (primary N) is 1. The predicted molar refractivity (Wildman–Crippen MR) is 111 cm³/mol. The molecule has 0 radical (unpaired) electrons. The number of hydrogen-bond acceptors (Lipinski definition) is 3. The first-order valence-electron chi connectivity index (χ1n) is 9.70. The SMILES string of the molecule is NC(=NCC1CCCN(Cc2cccs2)C1)Nc1ccc2c(c1)CCC2. The molecule has 2 heterocycles. The Morgan fingerprint density at radius 1 is 1.23 bits per heavy atom. The molecule has 2 aromatic rings. The van der Waals surface area contributed by atoms with Gasteiger partial charge in [-0.15, -0.1) is 11.3 Å². The summed E-state index contributed by atoms with van der Waals surface area (Å²) in [5, 5.41) is 5.43. The topological polar surface area (TPSA) is 53.6 Å². The number of thiophene rings is 1. The standard InChI is InChI=1S/C21H28N4S/c22-21(24-19-9-8-17-5-1-6-18(17)12-19)23-13-16-4-2-10-25(14-16)15-20-7-3-11-26-20/h3,7-9,11-12,16H,1-2,4-6,10,13-15H2,(H3,22,23,24). The lowest BCUT2D eigenvalue weighted by atomic mass is 9.98. The lowest BCUT2D eigenvalue weighted by Gasteiger charge is -2.31. The fraction of sp³-hybridized carbons (Fsp3) is 0.476. The molecular formula is C21H28N4S. The number of nitrogens with one attached hydrogen (secondary N) is 1. The minimum Gasteiger partial charge on any atom is -0.370 e. The Morgan fingerprint density at radius 3 is 3.04 bits per heavy atom. The number of likely N-dealkylation sites (tertiary alicyclic amines) is 1. The average Bonchev–Trinajstić information content (AvgIpc) is 3.31. The highest BCUT2D eigenvalue weighted by Gasteiger charge is 2.20. The highest BCUT2D eigenvalue weighted by Crippen LogP contribution is 2.25. The molecule has 1 saturated heterocycles. The highest BCUT2D eigenvalue weighted by molar-refractivity contribution is 7.09. The van der Waals surface area contributed by atoms with E-state index in [1.807, 2.05) is 11.3 Å². The quantitative estimate of drug-likeness (QED) is 0.622. The maximum absolute atomic E-state index is 6.14. The van der Waals surface area contributed by atoms with Crippen molar-refractivity contribution in [2.75, 3.05) is 25.0 Å². The first-order chi connectivity index (χ1) is 12.8. The van der Waals surface area contributed by atoms with E-state index in [4.69, 9.17) is 5.73 Å². The molecule has 138 valence electrons. The van der Waals surface area contributed by atoms with Crippen LogP contribution in [0.5, 0.6) is 0 Å². The van der Waals surface area contributed by atoms with Crippen molar-refractivity contribution in [3.63, 3.8) is 0 Å². The molecule has 5 heteroatoms. The Kier molecular flexibility index (Phi) is 5.56. The van der Waals surface area contributed by atoms with Crippen molar-refractivity contribution in [2.45, 2.75) is 38.6 Å². The normalized spacial score (nSPS) is 20.9. The van der Waals surface area contributed by atoms with Crippen LogP contribution in [0, 0.1) is 5.92 Å². The van der Waals surface area contributed by atoms with Crippen molar-refractivity contribution in [1.29, 1.82) is 0 Å². The number of piperidine rings is 1. The van der Waals surface area contributed by atoms with Gasteiger partial charge in [-0.3, -0.25) is 9.89 Å². The van der Waals surface area contributed by atoms with Gasteiger partial charge in [-0.2, -0.15) is 0 Å². The molecule has 4 nitrogen and oxygen atoms in total. The molecule has 0 spiro atoms. The van der Waals surface area contributed by atoms with E-state index in [0.717, 1.165) is 25.3 Å². The Balaban J connectivity index is 1.29. The number of hydrogen-bond donors (Lipinski definition) is 2. The highest BCUT2D eigenvalue weighted by atomic mass is 32.1. The zero-order valence-corrected chi connectivity index (χ0v) is 16.1. The van der Waals surface area contributed by atoms with Crippen molar-refractivity contribution < 1.29 is 0 Å². The fourth-order valence-electron chi connectivity index (χ4n) is 4.13. The van der Waals surface area contributed by atoms with Crippen molar-refractivity contribution in [2.24, 2.45) is 16.6 Å². The van der Waals surface area contributed by atoms with Gasteiger partial charge in [0.2, 0.25) is 0 Å². The van der Waals surface area contributed by atoms with Gasteiger partial charge in [0.05, 0.1) is 0 Å². The molecule has 0 bridgehead atoms. The van der Waals surface area contributed by atoms with E-state index in [0.29, 0.717) is 11.9 Å². The summed E-state index contributed by atoms with van der Waals surface area (Å²) in [5.41, 5.74) is 10.1. The summed E-state index contributed by atoms with van der Waals surface area (Å²) in [6.07, 6.45) is 6.17. The van der Waals surface area contributed by atoms with Crippen LogP contribution in [-0.4, -0.2) is 30.5 Å². The van der Waals surface area contributed by atoms with Gasteiger partial charge in [-0.05, 0) is 79.3 Å². The smallest absolute Gasteiger partial charge is 0.193 e.